The number of nitrogens with zero attached hydrogens (tertiary/aromatic N) is 1. The van der Waals surface area contributed by atoms with Crippen LogP contribution in [0.2, 0.25) is 0 Å². The molecule has 9 heteroatoms. The van der Waals surface area contributed by atoms with Crippen LogP contribution in [0.25, 0.3) is 6.08 Å². The third kappa shape index (κ3) is 6.66. The minimum atomic E-state index is -0.603. The molecule has 3 aromatic carbocycles. The lowest BCUT2D eigenvalue weighted by molar-refractivity contribution is -0.117. The van der Waals surface area contributed by atoms with Crippen LogP contribution in [0.4, 0.5) is 0 Å². The van der Waals surface area contributed by atoms with Gasteiger partial charge in [0.25, 0.3) is 11.8 Å². The number of hydrogen-bond acceptors (Lipinski definition) is 7. The van der Waals surface area contributed by atoms with Gasteiger partial charge >= 0.3 is 0 Å². The number of rotatable bonds is 10. The van der Waals surface area contributed by atoms with Gasteiger partial charge in [0, 0.05) is 5.56 Å². The van der Waals surface area contributed by atoms with Crippen molar-refractivity contribution in [2.24, 2.45) is 5.10 Å². The highest BCUT2D eigenvalue weighted by Crippen LogP contribution is 2.33. The molecule has 0 radical (unpaired) electrons. The summed E-state index contributed by atoms with van der Waals surface area (Å²) in [5.41, 5.74) is 4.22. The van der Waals surface area contributed by atoms with Crippen molar-refractivity contribution in [3.05, 3.63) is 89.1 Å². The first-order chi connectivity index (χ1) is 18.1. The lowest BCUT2D eigenvalue weighted by Crippen LogP contribution is -2.32. The SMILES string of the molecule is CCOc1ccc(/C=N/NC(=O)/C(=C\c2ccc3c(c2)OCO3)NC(=O)c2ccccc2)cc1OCC. The average molecular weight is 502 g/mol. The maximum absolute atomic E-state index is 13.0. The molecule has 0 saturated carbocycles. The van der Waals surface area contributed by atoms with Crippen molar-refractivity contribution in [1.29, 1.82) is 0 Å². The largest absolute Gasteiger partial charge is 0.490 e. The average Bonchev–Trinajstić information content (AvgIpc) is 3.38. The molecule has 0 aromatic heterocycles. The number of nitrogens with one attached hydrogen (secondary N) is 2. The molecule has 1 heterocycles. The second-order valence-electron chi connectivity index (χ2n) is 7.76. The lowest BCUT2D eigenvalue weighted by Gasteiger charge is -2.11. The van der Waals surface area contributed by atoms with Crippen LogP contribution in [0, 0.1) is 0 Å². The molecule has 9 nitrogen and oxygen atoms in total. The molecule has 0 spiro atoms. The second kappa shape index (κ2) is 12.3. The van der Waals surface area contributed by atoms with Gasteiger partial charge in [0.15, 0.2) is 23.0 Å². The van der Waals surface area contributed by atoms with E-state index in [0.717, 1.165) is 0 Å². The van der Waals surface area contributed by atoms with Crippen molar-refractivity contribution >= 4 is 24.1 Å². The zero-order valence-corrected chi connectivity index (χ0v) is 20.5. The molecular weight excluding hydrogens is 474 g/mol. The highest BCUT2D eigenvalue weighted by Gasteiger charge is 2.17. The first kappa shape index (κ1) is 25.3. The van der Waals surface area contributed by atoms with Gasteiger partial charge in [-0.25, -0.2) is 5.43 Å². The molecule has 0 saturated heterocycles. The number of fused-ring (bicyclic) bond motifs is 1. The number of benzene rings is 3. The van der Waals surface area contributed by atoms with E-state index in [4.69, 9.17) is 18.9 Å². The Hall–Kier alpha value is -4.79. The fourth-order valence-electron chi connectivity index (χ4n) is 3.49. The summed E-state index contributed by atoms with van der Waals surface area (Å²) in [4.78, 5) is 25.8. The Morgan fingerprint density at radius 2 is 1.62 bits per heavy atom. The van der Waals surface area contributed by atoms with Crippen LogP contribution in [0.1, 0.15) is 35.3 Å². The van der Waals surface area contributed by atoms with Gasteiger partial charge in [-0.1, -0.05) is 24.3 Å². The molecule has 0 fully saturated rings. The van der Waals surface area contributed by atoms with E-state index in [1.54, 1.807) is 66.7 Å². The molecule has 0 atom stereocenters. The van der Waals surface area contributed by atoms with Gasteiger partial charge in [0.05, 0.1) is 19.4 Å². The molecule has 0 bridgehead atoms. The van der Waals surface area contributed by atoms with Crippen LogP contribution < -0.4 is 29.7 Å². The maximum atomic E-state index is 13.0. The summed E-state index contributed by atoms with van der Waals surface area (Å²) in [5.74, 6) is 1.35. The topological polar surface area (TPSA) is 107 Å². The molecule has 1 aliphatic heterocycles. The zero-order chi connectivity index (χ0) is 26.0. The molecule has 0 aliphatic carbocycles. The van der Waals surface area contributed by atoms with Gasteiger partial charge in [-0.2, -0.15) is 5.10 Å². The quantitative estimate of drug-likeness (QED) is 0.246. The molecule has 3 aromatic rings. The number of ether oxygens (including phenoxy) is 4. The van der Waals surface area contributed by atoms with E-state index in [1.165, 1.54) is 12.3 Å². The summed E-state index contributed by atoms with van der Waals surface area (Å²) in [7, 11) is 0. The Labute approximate surface area is 214 Å². The van der Waals surface area contributed by atoms with E-state index in [9.17, 15) is 9.59 Å². The van der Waals surface area contributed by atoms with E-state index in [0.29, 0.717) is 52.9 Å². The minimum absolute atomic E-state index is 0.00608. The van der Waals surface area contributed by atoms with E-state index in [-0.39, 0.29) is 12.5 Å². The van der Waals surface area contributed by atoms with Gasteiger partial charge in [-0.3, -0.25) is 9.59 Å². The van der Waals surface area contributed by atoms with Crippen LogP contribution in [-0.2, 0) is 4.79 Å². The van der Waals surface area contributed by atoms with Crippen LogP contribution in [0.15, 0.2) is 77.5 Å². The number of carbonyl (C=O) groups is 2. The standard InChI is InChI=1S/C28H27N3O6/c1-3-34-23-13-11-20(16-25(23)35-4-2)17-29-31-28(33)22(30-27(32)21-8-6-5-7-9-21)14-19-10-12-24-26(15-19)37-18-36-24/h5-17H,3-4,18H2,1-2H3,(H,30,32)(H,31,33)/b22-14+,29-17+. The van der Waals surface area contributed by atoms with Gasteiger partial charge in [-0.15, -0.1) is 0 Å². The third-order valence-electron chi connectivity index (χ3n) is 5.18. The van der Waals surface area contributed by atoms with Crippen LogP contribution in [0.3, 0.4) is 0 Å². The minimum Gasteiger partial charge on any atom is -0.490 e. The first-order valence-corrected chi connectivity index (χ1v) is 11.8. The normalized spacial score (nSPS) is 12.3. The van der Waals surface area contributed by atoms with Crippen molar-refractivity contribution in [3.63, 3.8) is 0 Å². The third-order valence-corrected chi connectivity index (χ3v) is 5.18. The summed E-state index contributed by atoms with van der Waals surface area (Å²) < 4.78 is 22.0. The Morgan fingerprint density at radius 3 is 2.41 bits per heavy atom. The van der Waals surface area contributed by atoms with Crippen molar-refractivity contribution in [3.8, 4) is 23.0 Å². The van der Waals surface area contributed by atoms with Gasteiger partial charge in [0.1, 0.15) is 5.70 Å². The van der Waals surface area contributed by atoms with E-state index in [1.807, 2.05) is 13.8 Å². The number of carbonyl (C=O) groups excluding carboxylic acids is 2. The molecule has 2 amide bonds. The first-order valence-electron chi connectivity index (χ1n) is 11.8. The fraction of sp³-hybridized carbons (Fsp3) is 0.179. The van der Waals surface area contributed by atoms with Gasteiger partial charge in [-0.05, 0) is 73.5 Å². The Balaban J connectivity index is 1.53. The summed E-state index contributed by atoms with van der Waals surface area (Å²) in [5, 5.41) is 6.73. The predicted molar refractivity (Wildman–Crippen MR) is 139 cm³/mol. The van der Waals surface area contributed by atoms with Gasteiger partial charge in [0.2, 0.25) is 6.79 Å². The molecule has 190 valence electrons. The van der Waals surface area contributed by atoms with E-state index < -0.39 is 11.8 Å². The summed E-state index contributed by atoms with van der Waals surface area (Å²) in [6.07, 6.45) is 3.02. The molecule has 4 rings (SSSR count). The second-order valence-corrected chi connectivity index (χ2v) is 7.76. The Kier molecular flexibility index (Phi) is 8.38. The fourth-order valence-corrected chi connectivity index (χ4v) is 3.49. The molecule has 1 aliphatic rings. The van der Waals surface area contributed by atoms with Crippen molar-refractivity contribution in [2.45, 2.75) is 13.8 Å². The smallest absolute Gasteiger partial charge is 0.287 e. The molecule has 2 N–H and O–H groups in total. The van der Waals surface area contributed by atoms with Crippen LogP contribution >= 0.6 is 0 Å². The Bertz CT molecular complexity index is 1320. The van der Waals surface area contributed by atoms with Crippen molar-refractivity contribution in [1.82, 2.24) is 10.7 Å². The maximum Gasteiger partial charge on any atom is 0.287 e. The van der Waals surface area contributed by atoms with Crippen molar-refractivity contribution < 1.29 is 28.5 Å². The number of hydrogen-bond donors (Lipinski definition) is 2. The Morgan fingerprint density at radius 1 is 0.892 bits per heavy atom. The van der Waals surface area contributed by atoms with E-state index >= 15 is 0 Å². The van der Waals surface area contributed by atoms with Gasteiger partial charge < -0.3 is 24.3 Å². The highest BCUT2D eigenvalue weighted by atomic mass is 16.7. The number of hydrazone groups is 1. The summed E-state index contributed by atoms with van der Waals surface area (Å²) >= 11 is 0. The summed E-state index contributed by atoms with van der Waals surface area (Å²) in [6.45, 7) is 4.90. The van der Waals surface area contributed by atoms with Crippen LogP contribution in [0.5, 0.6) is 23.0 Å². The summed E-state index contributed by atoms with van der Waals surface area (Å²) in [6, 6.07) is 19.2. The van der Waals surface area contributed by atoms with E-state index in [2.05, 4.69) is 15.8 Å². The number of amides is 2. The monoisotopic (exact) mass is 501 g/mol. The predicted octanol–water partition coefficient (Wildman–Crippen LogP) is 4.13. The molecule has 37 heavy (non-hydrogen) atoms. The molecular formula is C28H27N3O6. The molecule has 0 unspecified atom stereocenters. The highest BCUT2D eigenvalue weighted by molar-refractivity contribution is 6.05. The van der Waals surface area contributed by atoms with Crippen LogP contribution in [-0.4, -0.2) is 38.0 Å². The lowest BCUT2D eigenvalue weighted by atomic mass is 10.1. The zero-order valence-electron chi connectivity index (χ0n) is 20.5. The van der Waals surface area contributed by atoms with Crippen molar-refractivity contribution in [2.75, 3.05) is 20.0 Å².